The Morgan fingerprint density at radius 1 is 1.21 bits per heavy atom. The molecule has 1 N–H and O–H groups in total. The van der Waals surface area contributed by atoms with Crippen LogP contribution in [0.4, 0.5) is 0 Å². The van der Waals surface area contributed by atoms with Crippen LogP contribution in [0.2, 0.25) is 0 Å². The van der Waals surface area contributed by atoms with Gasteiger partial charge in [-0.1, -0.05) is 12.1 Å². The molecule has 6 nitrogen and oxygen atoms in total. The van der Waals surface area contributed by atoms with E-state index in [2.05, 4.69) is 0 Å². The smallest absolute Gasteiger partial charge is 0.259 e. The average Bonchev–Trinajstić information content (AvgIpc) is 2.82. The summed E-state index contributed by atoms with van der Waals surface area (Å²) in [5.74, 6) is -0.399. The molecule has 0 aliphatic heterocycles. The summed E-state index contributed by atoms with van der Waals surface area (Å²) in [5, 5.41) is 9.31. The molecule has 0 aliphatic rings. The van der Waals surface area contributed by atoms with E-state index in [1.54, 1.807) is 24.3 Å². The number of hydrogen-bond donors (Lipinski definition) is 1. The zero-order chi connectivity index (χ0) is 13.9. The first kappa shape index (κ1) is 13.2. The second-order valence-corrected chi connectivity index (χ2v) is 5.69. The summed E-state index contributed by atoms with van der Waals surface area (Å²) in [4.78, 5) is 11.0. The van der Waals surface area contributed by atoms with Crippen LogP contribution in [0, 0.1) is 0 Å². The van der Waals surface area contributed by atoms with E-state index >= 15 is 0 Å². The van der Waals surface area contributed by atoms with Crippen LogP contribution in [-0.4, -0.2) is 24.6 Å². The van der Waals surface area contributed by atoms with E-state index in [9.17, 15) is 18.3 Å². The second-order valence-electron chi connectivity index (χ2n) is 3.87. The molecule has 0 bridgehead atoms. The van der Waals surface area contributed by atoms with Crippen LogP contribution < -0.4 is 4.41 Å². The largest absolute Gasteiger partial charge is 0.508 e. The van der Waals surface area contributed by atoms with E-state index in [1.165, 1.54) is 29.2 Å². The average molecular weight is 280 g/mol. The number of rotatable bonds is 5. The van der Waals surface area contributed by atoms with Crippen LogP contribution in [0.3, 0.4) is 0 Å². The maximum atomic E-state index is 12.1. The fourth-order valence-corrected chi connectivity index (χ4v) is 2.90. The quantitative estimate of drug-likeness (QED) is 0.822. The van der Waals surface area contributed by atoms with E-state index in [0.717, 1.165) is 0 Å². The highest BCUT2D eigenvalue weighted by Gasteiger charge is 2.22. The molecule has 1 aromatic carbocycles. The molecular formula is C12H12N2O4S. The molecule has 2 aromatic rings. The number of carbonyl (C=O) groups excluding carboxylic acids is 1. The van der Waals surface area contributed by atoms with Gasteiger partial charge in [-0.15, -0.1) is 4.41 Å². The van der Waals surface area contributed by atoms with Gasteiger partial charge in [0, 0.05) is 12.4 Å². The lowest BCUT2D eigenvalue weighted by molar-refractivity contribution is -0.107. The molecule has 1 amide bonds. The minimum atomic E-state index is -3.85. The van der Waals surface area contributed by atoms with Gasteiger partial charge in [0.1, 0.15) is 5.75 Å². The molecule has 2 rings (SSSR count). The Morgan fingerprint density at radius 2 is 1.89 bits per heavy atom. The Hall–Kier alpha value is -2.28. The van der Waals surface area contributed by atoms with Crippen molar-refractivity contribution in [3.63, 3.8) is 0 Å². The first-order valence-corrected chi connectivity index (χ1v) is 7.02. The summed E-state index contributed by atoms with van der Waals surface area (Å²) in [5.41, 5.74) is 0.402. The molecule has 7 heteroatoms. The molecule has 0 aliphatic carbocycles. The van der Waals surface area contributed by atoms with Gasteiger partial charge >= 0.3 is 0 Å². The number of amides is 1. The number of aromatic nitrogens is 1. The van der Waals surface area contributed by atoms with E-state index < -0.39 is 10.0 Å². The van der Waals surface area contributed by atoms with Crippen molar-refractivity contribution in [2.75, 3.05) is 4.41 Å². The van der Waals surface area contributed by atoms with Crippen LogP contribution in [0.25, 0.3) is 0 Å². The minimum Gasteiger partial charge on any atom is -0.508 e. The third-order valence-electron chi connectivity index (χ3n) is 2.45. The van der Waals surface area contributed by atoms with Gasteiger partial charge in [0.25, 0.3) is 10.0 Å². The number of hydrogen-bond acceptors (Lipinski definition) is 4. The van der Waals surface area contributed by atoms with Gasteiger partial charge in [-0.25, -0.2) is 8.42 Å². The number of nitrogens with zero attached hydrogens (tertiary/aromatic N) is 2. The van der Waals surface area contributed by atoms with Crippen molar-refractivity contribution in [1.29, 1.82) is 0 Å². The molecule has 0 saturated heterocycles. The lowest BCUT2D eigenvalue weighted by Crippen LogP contribution is -2.39. The topological polar surface area (TPSA) is 79.6 Å². The number of carbonyl (C=O) groups is 1. The molecule has 1 heterocycles. The number of phenolic OH excluding ortho intramolecular Hbond substituents is 1. The van der Waals surface area contributed by atoms with E-state index in [-0.39, 0.29) is 17.9 Å². The van der Waals surface area contributed by atoms with Crippen LogP contribution in [-0.2, 0) is 20.6 Å². The number of aromatic hydroxyl groups is 1. The second kappa shape index (κ2) is 5.15. The zero-order valence-corrected chi connectivity index (χ0v) is 10.7. The van der Waals surface area contributed by atoms with Crippen molar-refractivity contribution in [3.05, 3.63) is 54.4 Å². The molecule has 19 heavy (non-hydrogen) atoms. The fraction of sp³-hybridized carbons (Fsp3) is 0.0833. The number of sulfonamides is 1. The SMILES string of the molecule is O=CN(n1cccc1)S(=O)(=O)Cc1cccc(O)c1. The Labute approximate surface area is 110 Å². The highest BCUT2D eigenvalue weighted by molar-refractivity contribution is 7.92. The van der Waals surface area contributed by atoms with E-state index in [0.29, 0.717) is 9.98 Å². The molecular weight excluding hydrogens is 268 g/mol. The first-order valence-electron chi connectivity index (χ1n) is 5.41. The standard InChI is InChI=1S/C12H12N2O4S/c15-10-14(13-6-1-2-7-13)19(17,18)9-11-4-3-5-12(16)8-11/h1-8,10,16H,9H2. The summed E-state index contributed by atoms with van der Waals surface area (Å²) < 4.78 is 26.0. The lowest BCUT2D eigenvalue weighted by atomic mass is 10.2. The molecule has 1 aromatic heterocycles. The van der Waals surface area contributed by atoms with Gasteiger partial charge in [-0.2, -0.15) is 0 Å². The van der Waals surface area contributed by atoms with Crippen LogP contribution in [0.1, 0.15) is 5.56 Å². The predicted octanol–water partition coefficient (Wildman–Crippen LogP) is 0.818. The molecule has 0 spiro atoms. The molecule has 0 fully saturated rings. The Morgan fingerprint density at radius 3 is 2.47 bits per heavy atom. The summed E-state index contributed by atoms with van der Waals surface area (Å²) in [7, 11) is -3.85. The van der Waals surface area contributed by atoms with Gasteiger partial charge < -0.3 is 5.11 Å². The van der Waals surface area contributed by atoms with Gasteiger partial charge in [0.05, 0.1) is 5.75 Å². The maximum absolute atomic E-state index is 12.1. The van der Waals surface area contributed by atoms with Crippen molar-refractivity contribution < 1.29 is 18.3 Å². The predicted molar refractivity (Wildman–Crippen MR) is 69.4 cm³/mol. The van der Waals surface area contributed by atoms with Gasteiger partial charge in [-0.3, -0.25) is 9.47 Å². The molecule has 0 atom stereocenters. The Bertz CT molecular complexity index is 665. The normalized spacial score (nSPS) is 11.2. The lowest BCUT2D eigenvalue weighted by Gasteiger charge is -2.18. The third-order valence-corrected chi connectivity index (χ3v) is 3.99. The van der Waals surface area contributed by atoms with Crippen LogP contribution in [0.5, 0.6) is 5.75 Å². The van der Waals surface area contributed by atoms with Gasteiger partial charge in [0.2, 0.25) is 6.41 Å². The zero-order valence-electron chi connectivity index (χ0n) is 9.88. The van der Waals surface area contributed by atoms with Crippen molar-refractivity contribution >= 4 is 16.4 Å². The third kappa shape index (κ3) is 2.94. The highest BCUT2D eigenvalue weighted by atomic mass is 32.2. The van der Waals surface area contributed by atoms with Crippen LogP contribution in [0.15, 0.2) is 48.8 Å². The van der Waals surface area contributed by atoms with Crippen LogP contribution >= 0.6 is 0 Å². The molecule has 0 radical (unpaired) electrons. The first-order chi connectivity index (χ1) is 9.03. The van der Waals surface area contributed by atoms with Gasteiger partial charge in [-0.05, 0) is 29.8 Å². The summed E-state index contributed by atoms with van der Waals surface area (Å²) >= 11 is 0. The van der Waals surface area contributed by atoms with E-state index in [1.807, 2.05) is 0 Å². The maximum Gasteiger partial charge on any atom is 0.259 e. The summed E-state index contributed by atoms with van der Waals surface area (Å²) in [6.45, 7) is 0. The molecule has 0 saturated carbocycles. The Balaban J connectivity index is 2.29. The molecule has 0 unspecified atom stereocenters. The van der Waals surface area contributed by atoms with Crippen molar-refractivity contribution in [1.82, 2.24) is 4.68 Å². The fourth-order valence-electron chi connectivity index (χ4n) is 1.64. The number of phenols is 1. The highest BCUT2D eigenvalue weighted by Crippen LogP contribution is 2.15. The summed E-state index contributed by atoms with van der Waals surface area (Å²) in [6, 6.07) is 9.12. The van der Waals surface area contributed by atoms with Crippen molar-refractivity contribution in [2.45, 2.75) is 5.75 Å². The van der Waals surface area contributed by atoms with Gasteiger partial charge in [0.15, 0.2) is 0 Å². The van der Waals surface area contributed by atoms with Crippen molar-refractivity contribution in [3.8, 4) is 5.75 Å². The molecule has 100 valence electrons. The monoisotopic (exact) mass is 280 g/mol. The Kier molecular flexibility index (Phi) is 3.57. The minimum absolute atomic E-state index is 0.0219. The van der Waals surface area contributed by atoms with Crippen molar-refractivity contribution in [2.24, 2.45) is 0 Å². The summed E-state index contributed by atoms with van der Waals surface area (Å²) in [6.07, 6.45) is 3.14. The van der Waals surface area contributed by atoms with E-state index in [4.69, 9.17) is 0 Å². The number of benzene rings is 1.